The van der Waals surface area contributed by atoms with Gasteiger partial charge in [0.25, 0.3) is 0 Å². The van der Waals surface area contributed by atoms with E-state index in [4.69, 9.17) is 10.1 Å². The van der Waals surface area contributed by atoms with Gasteiger partial charge in [0.1, 0.15) is 11.4 Å². The summed E-state index contributed by atoms with van der Waals surface area (Å²) >= 11 is 0. The van der Waals surface area contributed by atoms with E-state index in [1.165, 1.54) is 72.0 Å². The van der Waals surface area contributed by atoms with Gasteiger partial charge in [-0.15, -0.1) is 10.2 Å². The Balaban J connectivity index is 1.05. The summed E-state index contributed by atoms with van der Waals surface area (Å²) in [6.45, 7) is 0. The molecule has 11 aromatic rings. The van der Waals surface area contributed by atoms with Gasteiger partial charge in [-0.2, -0.15) is 0 Å². The summed E-state index contributed by atoms with van der Waals surface area (Å²) in [5.74, 6) is 0.600. The normalized spacial score (nSPS) is 14.5. The fourth-order valence-corrected chi connectivity index (χ4v) is 10.7. The fraction of sp³-hybridized carbons (Fsp3) is 0.0172. The highest BCUT2D eigenvalue weighted by Gasteiger charge is 2.52. The summed E-state index contributed by atoms with van der Waals surface area (Å²) in [5, 5.41) is 12.1. The smallest absolute Gasteiger partial charge is 0.182 e. The quantitative estimate of drug-likeness (QED) is 0.174. The third-order valence-corrected chi connectivity index (χ3v) is 13.1. The fourth-order valence-electron chi connectivity index (χ4n) is 10.7. The van der Waals surface area contributed by atoms with Crippen molar-refractivity contribution in [3.63, 3.8) is 0 Å². The molecule has 4 nitrogen and oxygen atoms in total. The summed E-state index contributed by atoms with van der Waals surface area (Å²) in [5.41, 5.74) is 20.0. The van der Waals surface area contributed by atoms with Crippen molar-refractivity contribution in [1.29, 1.82) is 0 Å². The summed E-state index contributed by atoms with van der Waals surface area (Å²) < 4.78 is 2.51. The highest BCUT2D eigenvalue weighted by molar-refractivity contribution is 6.13. The molecule has 0 saturated heterocycles. The molecule has 0 N–H and O–H groups in total. The molecule has 1 aliphatic heterocycles. The minimum Gasteiger partial charge on any atom is -0.309 e. The predicted molar refractivity (Wildman–Crippen MR) is 252 cm³/mol. The number of hydrogen-bond donors (Lipinski definition) is 0. The van der Waals surface area contributed by atoms with Crippen LogP contribution in [0.5, 0.6) is 0 Å². The maximum atomic E-state index is 5.15. The number of para-hydroxylation sites is 3. The van der Waals surface area contributed by atoms with Gasteiger partial charge in [0.05, 0.1) is 22.1 Å². The van der Waals surface area contributed by atoms with E-state index < -0.39 is 5.41 Å². The van der Waals surface area contributed by atoms with Gasteiger partial charge in [-0.25, -0.2) is 4.98 Å². The van der Waals surface area contributed by atoms with Crippen LogP contribution in [0.3, 0.4) is 0 Å². The third-order valence-electron chi connectivity index (χ3n) is 13.1. The van der Waals surface area contributed by atoms with Crippen molar-refractivity contribution in [2.75, 3.05) is 0 Å². The van der Waals surface area contributed by atoms with Crippen molar-refractivity contribution < 1.29 is 0 Å². The Morgan fingerprint density at radius 2 is 0.919 bits per heavy atom. The van der Waals surface area contributed by atoms with Crippen LogP contribution in [-0.2, 0) is 5.41 Å². The Labute approximate surface area is 359 Å². The van der Waals surface area contributed by atoms with Crippen LogP contribution in [0, 0.1) is 0 Å². The van der Waals surface area contributed by atoms with Crippen LogP contribution in [0.4, 0.5) is 0 Å². The standard InChI is InChI=1S/C58H36N4/c1-3-18-37(19-4-1)54-55(60-61-57(59-54)38-20-5-2-6-21-38)40-23-15-22-39(36-40)41-24-7-8-25-42(41)45-28-16-29-46-43-26-9-11-31-48(43)58(53(45)46)49-32-12-14-35-52(49)62-51-34-13-10-27-44(51)47-30-17-33-50(58)56(47)62/h1-36H. The number of fused-ring (bicyclic) bond motifs is 12. The van der Waals surface area contributed by atoms with E-state index in [1.807, 2.05) is 48.5 Å². The zero-order valence-corrected chi connectivity index (χ0v) is 33.6. The first-order chi connectivity index (χ1) is 30.8. The number of rotatable bonds is 5. The molecule has 0 bridgehead atoms. The molecule has 62 heavy (non-hydrogen) atoms. The van der Waals surface area contributed by atoms with Crippen molar-refractivity contribution in [3.8, 4) is 73.0 Å². The van der Waals surface area contributed by atoms with Crippen LogP contribution in [0.2, 0.25) is 0 Å². The SMILES string of the molecule is c1ccc(-c2nnc(-c3cccc(-c4ccccc4-c4cccc5c4C4(c6ccccc6-5)c5ccccc5-n5c6ccccc6c6cccc4c65)c3)c(-c3ccccc3)n2)cc1. The highest BCUT2D eigenvalue weighted by Crippen LogP contribution is 2.63. The van der Waals surface area contributed by atoms with Crippen molar-refractivity contribution in [2.24, 2.45) is 0 Å². The lowest BCUT2D eigenvalue weighted by Gasteiger charge is -2.40. The molecule has 0 radical (unpaired) electrons. The Bertz CT molecular complexity index is 3590. The van der Waals surface area contributed by atoms with Crippen molar-refractivity contribution in [3.05, 3.63) is 241 Å². The van der Waals surface area contributed by atoms with Crippen LogP contribution in [0.15, 0.2) is 218 Å². The van der Waals surface area contributed by atoms with Crippen LogP contribution < -0.4 is 0 Å². The van der Waals surface area contributed by atoms with E-state index in [1.54, 1.807) is 0 Å². The molecule has 1 unspecified atom stereocenters. The van der Waals surface area contributed by atoms with E-state index in [0.717, 1.165) is 39.2 Å². The zero-order chi connectivity index (χ0) is 40.8. The topological polar surface area (TPSA) is 43.6 Å². The minimum absolute atomic E-state index is 0.579. The second-order valence-corrected chi connectivity index (χ2v) is 16.3. The lowest BCUT2D eigenvalue weighted by molar-refractivity contribution is 0.750. The Kier molecular flexibility index (Phi) is 7.49. The number of hydrogen-bond acceptors (Lipinski definition) is 3. The second-order valence-electron chi connectivity index (χ2n) is 16.3. The van der Waals surface area contributed by atoms with Gasteiger partial charge in [0.15, 0.2) is 5.82 Å². The van der Waals surface area contributed by atoms with Crippen LogP contribution >= 0.6 is 0 Å². The Morgan fingerprint density at radius 3 is 1.76 bits per heavy atom. The molecule has 2 aromatic heterocycles. The molecule has 288 valence electrons. The summed E-state index contributed by atoms with van der Waals surface area (Å²) in [6.07, 6.45) is 0. The molecule has 13 rings (SSSR count). The van der Waals surface area contributed by atoms with Crippen molar-refractivity contribution >= 4 is 21.8 Å². The third kappa shape index (κ3) is 4.80. The summed E-state index contributed by atoms with van der Waals surface area (Å²) in [6, 6.07) is 78.9. The maximum absolute atomic E-state index is 5.15. The van der Waals surface area contributed by atoms with Gasteiger partial charge >= 0.3 is 0 Å². The lowest BCUT2D eigenvalue weighted by Crippen LogP contribution is -2.34. The number of benzene rings is 9. The largest absolute Gasteiger partial charge is 0.309 e. The van der Waals surface area contributed by atoms with E-state index in [9.17, 15) is 0 Å². The monoisotopic (exact) mass is 788 g/mol. The molecule has 1 aliphatic carbocycles. The van der Waals surface area contributed by atoms with Crippen molar-refractivity contribution in [2.45, 2.75) is 5.41 Å². The Morgan fingerprint density at radius 1 is 0.355 bits per heavy atom. The van der Waals surface area contributed by atoms with Crippen LogP contribution in [0.25, 0.3) is 94.8 Å². The molecular weight excluding hydrogens is 753 g/mol. The number of aromatic nitrogens is 4. The first-order valence-corrected chi connectivity index (χ1v) is 21.2. The first-order valence-electron chi connectivity index (χ1n) is 21.2. The molecule has 0 amide bonds. The van der Waals surface area contributed by atoms with Gasteiger partial charge in [-0.1, -0.05) is 200 Å². The second kappa shape index (κ2) is 13.4. The van der Waals surface area contributed by atoms with Crippen LogP contribution in [0.1, 0.15) is 22.3 Å². The average Bonchev–Trinajstić information content (AvgIpc) is 3.85. The van der Waals surface area contributed by atoms with Gasteiger partial charge in [-0.05, 0) is 73.8 Å². The first kappa shape index (κ1) is 34.6. The van der Waals surface area contributed by atoms with E-state index in [2.05, 4.69) is 180 Å². The minimum atomic E-state index is -0.579. The van der Waals surface area contributed by atoms with E-state index >= 15 is 0 Å². The molecule has 3 heterocycles. The predicted octanol–water partition coefficient (Wildman–Crippen LogP) is 14.0. The molecule has 0 saturated carbocycles. The van der Waals surface area contributed by atoms with E-state index in [-0.39, 0.29) is 0 Å². The van der Waals surface area contributed by atoms with Gasteiger partial charge in [0, 0.05) is 27.5 Å². The maximum Gasteiger partial charge on any atom is 0.182 e. The molecule has 1 atom stereocenters. The molecular formula is C58H36N4. The summed E-state index contributed by atoms with van der Waals surface area (Å²) in [7, 11) is 0. The van der Waals surface area contributed by atoms with Gasteiger partial charge in [-0.3, -0.25) is 0 Å². The van der Waals surface area contributed by atoms with Crippen LogP contribution in [-0.4, -0.2) is 19.7 Å². The summed E-state index contributed by atoms with van der Waals surface area (Å²) in [4.78, 5) is 5.15. The lowest BCUT2D eigenvalue weighted by atomic mass is 9.64. The average molecular weight is 789 g/mol. The highest BCUT2D eigenvalue weighted by atomic mass is 15.2. The number of nitrogens with zero attached hydrogens (tertiary/aromatic N) is 4. The molecule has 2 aliphatic rings. The molecule has 9 aromatic carbocycles. The van der Waals surface area contributed by atoms with Gasteiger partial charge in [0.2, 0.25) is 0 Å². The van der Waals surface area contributed by atoms with E-state index in [0.29, 0.717) is 5.82 Å². The molecule has 0 fully saturated rings. The van der Waals surface area contributed by atoms with Gasteiger partial charge < -0.3 is 4.57 Å². The Hall–Kier alpha value is -8.21. The zero-order valence-electron chi connectivity index (χ0n) is 33.6. The molecule has 4 heteroatoms. The molecule has 1 spiro atoms. The van der Waals surface area contributed by atoms with Crippen molar-refractivity contribution in [1.82, 2.24) is 19.7 Å².